The maximum atomic E-state index is 12.6. The number of carboxylic acids is 1. The van der Waals surface area contributed by atoms with Gasteiger partial charge in [0.1, 0.15) is 6.04 Å². The number of rotatable bonds is 2. The smallest absolute Gasteiger partial charge is 0.326 e. The summed E-state index contributed by atoms with van der Waals surface area (Å²) >= 11 is 1.59. The number of likely N-dealkylation sites (tertiary alicyclic amines) is 1. The lowest BCUT2D eigenvalue weighted by Gasteiger charge is -2.22. The average molecular weight is 295 g/mol. The van der Waals surface area contributed by atoms with Crippen LogP contribution in [0, 0.1) is 0 Å². The van der Waals surface area contributed by atoms with Gasteiger partial charge in [-0.15, -0.1) is 11.3 Å². The first-order valence-corrected chi connectivity index (χ1v) is 7.77. The Bertz CT molecular complexity index is 553. The Labute approximate surface area is 120 Å². The van der Waals surface area contributed by atoms with Crippen molar-refractivity contribution in [2.75, 3.05) is 6.54 Å². The van der Waals surface area contributed by atoms with E-state index in [1.54, 1.807) is 11.3 Å². The van der Waals surface area contributed by atoms with Crippen molar-refractivity contribution >= 4 is 23.2 Å². The molecule has 108 valence electrons. The minimum Gasteiger partial charge on any atom is -0.480 e. The molecule has 0 aromatic carbocycles. The van der Waals surface area contributed by atoms with E-state index < -0.39 is 18.1 Å². The van der Waals surface area contributed by atoms with Gasteiger partial charge in [0.15, 0.2) is 0 Å². The Morgan fingerprint density at radius 1 is 1.30 bits per heavy atom. The lowest BCUT2D eigenvalue weighted by Crippen LogP contribution is -2.40. The predicted molar refractivity (Wildman–Crippen MR) is 74.0 cm³/mol. The first-order valence-electron chi connectivity index (χ1n) is 6.89. The molecule has 0 saturated carbocycles. The Kier molecular flexibility index (Phi) is 3.52. The molecule has 1 aliphatic carbocycles. The van der Waals surface area contributed by atoms with E-state index in [4.69, 9.17) is 0 Å². The third kappa shape index (κ3) is 2.23. The molecule has 2 aliphatic rings. The number of thiophene rings is 1. The highest BCUT2D eigenvalue weighted by Crippen LogP contribution is 2.32. The number of nitrogens with zero attached hydrogens (tertiary/aromatic N) is 1. The number of carboxylic acid groups (broad SMARTS) is 1. The van der Waals surface area contributed by atoms with Crippen LogP contribution in [-0.4, -0.2) is 45.7 Å². The number of hydrogen-bond acceptors (Lipinski definition) is 4. The molecule has 1 fully saturated rings. The molecule has 1 saturated heterocycles. The largest absolute Gasteiger partial charge is 0.480 e. The fourth-order valence-electron chi connectivity index (χ4n) is 3.10. The minimum atomic E-state index is -1.04. The van der Waals surface area contributed by atoms with Crippen LogP contribution in [0.1, 0.15) is 40.1 Å². The number of hydrogen-bond donors (Lipinski definition) is 2. The van der Waals surface area contributed by atoms with Crippen molar-refractivity contribution in [1.29, 1.82) is 0 Å². The summed E-state index contributed by atoms with van der Waals surface area (Å²) in [6.45, 7) is 0.112. The highest BCUT2D eigenvalue weighted by molar-refractivity contribution is 7.10. The van der Waals surface area contributed by atoms with Gasteiger partial charge in [-0.05, 0) is 31.2 Å². The summed E-state index contributed by atoms with van der Waals surface area (Å²) in [5, 5.41) is 20.7. The van der Waals surface area contributed by atoms with E-state index >= 15 is 0 Å². The Morgan fingerprint density at radius 2 is 2.05 bits per heavy atom. The maximum Gasteiger partial charge on any atom is 0.326 e. The number of aryl methyl sites for hydroxylation is 1. The predicted octanol–water partition coefficient (Wildman–Crippen LogP) is 1.29. The number of carbonyl (C=O) groups is 2. The third-order valence-corrected chi connectivity index (χ3v) is 5.21. The number of aliphatic hydroxyl groups is 1. The van der Waals surface area contributed by atoms with Crippen LogP contribution >= 0.6 is 11.3 Å². The zero-order valence-electron chi connectivity index (χ0n) is 11.0. The van der Waals surface area contributed by atoms with Crippen molar-refractivity contribution in [1.82, 2.24) is 4.90 Å². The summed E-state index contributed by atoms with van der Waals surface area (Å²) in [6, 6.07) is -0.906. The van der Waals surface area contributed by atoms with Crippen molar-refractivity contribution in [3.05, 3.63) is 21.4 Å². The number of aliphatic carboxylic acids is 1. The van der Waals surface area contributed by atoms with Crippen LogP contribution in [-0.2, 0) is 17.6 Å². The molecule has 0 spiro atoms. The second kappa shape index (κ2) is 5.18. The van der Waals surface area contributed by atoms with Gasteiger partial charge < -0.3 is 15.1 Å². The van der Waals surface area contributed by atoms with E-state index in [0.29, 0.717) is 5.56 Å². The van der Waals surface area contributed by atoms with Crippen LogP contribution in [0.2, 0.25) is 0 Å². The van der Waals surface area contributed by atoms with Crippen LogP contribution in [0.25, 0.3) is 0 Å². The molecule has 2 heterocycles. The molecule has 1 amide bonds. The van der Waals surface area contributed by atoms with E-state index in [0.717, 1.165) is 31.2 Å². The van der Waals surface area contributed by atoms with E-state index in [1.807, 2.05) is 5.38 Å². The average Bonchev–Trinajstić information content (AvgIpc) is 3.01. The van der Waals surface area contributed by atoms with Gasteiger partial charge >= 0.3 is 5.97 Å². The van der Waals surface area contributed by atoms with E-state index in [9.17, 15) is 19.8 Å². The number of carbonyl (C=O) groups excluding carboxylic acids is 1. The molecule has 0 radical (unpaired) electrons. The molecule has 1 aliphatic heterocycles. The van der Waals surface area contributed by atoms with Gasteiger partial charge in [0, 0.05) is 23.2 Å². The molecule has 5 nitrogen and oxygen atoms in total. The van der Waals surface area contributed by atoms with Crippen LogP contribution in [0.5, 0.6) is 0 Å². The number of β-amino-alcohol motifs (C(OH)–C–C–N with tert-alkyl or cyclic N) is 1. The van der Waals surface area contributed by atoms with E-state index in [1.165, 1.54) is 9.78 Å². The van der Waals surface area contributed by atoms with Gasteiger partial charge in [0.05, 0.1) is 11.7 Å². The van der Waals surface area contributed by atoms with E-state index in [-0.39, 0.29) is 18.9 Å². The molecule has 3 rings (SSSR count). The summed E-state index contributed by atoms with van der Waals surface area (Å²) in [5.41, 5.74) is 1.74. The molecule has 20 heavy (non-hydrogen) atoms. The van der Waals surface area contributed by atoms with Crippen molar-refractivity contribution < 1.29 is 19.8 Å². The Balaban J connectivity index is 1.88. The SMILES string of the molecule is O=C(O)C1CC(O)CN1C(=O)c1csc2c1CCCC2. The molecular formula is C14H17NO4S. The van der Waals surface area contributed by atoms with Crippen LogP contribution in [0.3, 0.4) is 0 Å². The zero-order valence-corrected chi connectivity index (χ0v) is 11.9. The van der Waals surface area contributed by atoms with Gasteiger partial charge in [0.25, 0.3) is 5.91 Å². The van der Waals surface area contributed by atoms with Crippen molar-refractivity contribution in [3.8, 4) is 0 Å². The van der Waals surface area contributed by atoms with Crippen LogP contribution < -0.4 is 0 Å². The highest BCUT2D eigenvalue weighted by atomic mass is 32.1. The summed E-state index contributed by atoms with van der Waals surface area (Å²) in [4.78, 5) is 26.4. The number of aliphatic hydroxyl groups excluding tert-OH is 1. The summed E-state index contributed by atoms with van der Waals surface area (Å²) < 4.78 is 0. The molecule has 1 aromatic rings. The highest BCUT2D eigenvalue weighted by Gasteiger charge is 2.40. The Morgan fingerprint density at radius 3 is 2.80 bits per heavy atom. The number of fused-ring (bicyclic) bond motifs is 1. The summed E-state index contributed by atoms with van der Waals surface area (Å²) in [5.74, 6) is -1.28. The van der Waals surface area contributed by atoms with Gasteiger partial charge in [-0.1, -0.05) is 0 Å². The first kappa shape index (κ1) is 13.6. The second-order valence-electron chi connectivity index (χ2n) is 5.46. The lowest BCUT2D eigenvalue weighted by atomic mass is 9.95. The van der Waals surface area contributed by atoms with Crippen molar-refractivity contribution in [2.24, 2.45) is 0 Å². The van der Waals surface area contributed by atoms with Crippen molar-refractivity contribution in [2.45, 2.75) is 44.2 Å². The first-order chi connectivity index (χ1) is 9.58. The molecule has 0 bridgehead atoms. The van der Waals surface area contributed by atoms with Crippen LogP contribution in [0.4, 0.5) is 0 Å². The van der Waals surface area contributed by atoms with Gasteiger partial charge in [-0.3, -0.25) is 4.79 Å². The monoisotopic (exact) mass is 295 g/mol. The minimum absolute atomic E-state index is 0.112. The Hall–Kier alpha value is -1.40. The van der Waals surface area contributed by atoms with E-state index in [2.05, 4.69) is 0 Å². The second-order valence-corrected chi connectivity index (χ2v) is 6.42. The molecule has 6 heteroatoms. The molecule has 2 N–H and O–H groups in total. The summed E-state index contributed by atoms with van der Waals surface area (Å²) in [6.07, 6.45) is 3.52. The standard InChI is InChI=1S/C14H17NO4S/c16-8-5-11(14(18)19)15(6-8)13(17)10-7-20-12-4-2-1-3-9(10)12/h7-8,11,16H,1-6H2,(H,18,19). The lowest BCUT2D eigenvalue weighted by molar-refractivity contribution is -0.141. The van der Waals surface area contributed by atoms with Gasteiger partial charge in [0.2, 0.25) is 0 Å². The molecule has 1 aromatic heterocycles. The van der Waals surface area contributed by atoms with Gasteiger partial charge in [-0.2, -0.15) is 0 Å². The number of amides is 1. The third-order valence-electron chi connectivity index (χ3n) is 4.12. The quantitative estimate of drug-likeness (QED) is 0.862. The fraction of sp³-hybridized carbons (Fsp3) is 0.571. The maximum absolute atomic E-state index is 12.6. The fourth-order valence-corrected chi connectivity index (χ4v) is 4.22. The van der Waals surface area contributed by atoms with Gasteiger partial charge in [-0.25, -0.2) is 4.79 Å². The molecule has 2 unspecified atom stereocenters. The normalized spacial score (nSPS) is 25.6. The zero-order chi connectivity index (χ0) is 14.3. The molecular weight excluding hydrogens is 278 g/mol. The topological polar surface area (TPSA) is 77.8 Å². The van der Waals surface area contributed by atoms with Crippen molar-refractivity contribution in [3.63, 3.8) is 0 Å². The van der Waals surface area contributed by atoms with Crippen LogP contribution in [0.15, 0.2) is 5.38 Å². The summed E-state index contributed by atoms with van der Waals surface area (Å²) in [7, 11) is 0. The molecule has 2 atom stereocenters.